The molecule has 0 spiro atoms. The van der Waals surface area contributed by atoms with E-state index < -0.39 is 102 Å². The third-order valence-electron chi connectivity index (χ3n) is 13.6. The van der Waals surface area contributed by atoms with Gasteiger partial charge in [-0.2, -0.15) is 0 Å². The number of halogens is 1. The Balaban J connectivity index is 1.55. The summed E-state index contributed by atoms with van der Waals surface area (Å²) in [6.45, 7) is 19.0. The van der Waals surface area contributed by atoms with E-state index in [1.54, 1.807) is 27.7 Å². The number of carbonyl (C=O) groups is 1. The van der Waals surface area contributed by atoms with Gasteiger partial charge in [-0.05, 0) is 114 Å². The van der Waals surface area contributed by atoms with Crippen molar-refractivity contribution in [1.82, 2.24) is 4.90 Å². The lowest BCUT2D eigenvalue weighted by Crippen LogP contribution is -2.60. The van der Waals surface area contributed by atoms with Crippen molar-refractivity contribution in [3.63, 3.8) is 0 Å². The first-order valence-corrected chi connectivity index (χ1v) is 21.9. The Labute approximate surface area is 353 Å². The maximum atomic E-state index is 14.4. The Kier molecular flexibility index (Phi) is 15.3. The number of cyclic esters (lactones) is 1. The molecule has 326 valence electrons. The summed E-state index contributed by atoms with van der Waals surface area (Å²) in [5.41, 5.74) is -2.66. The zero-order valence-corrected chi connectivity index (χ0v) is 38.1. The van der Waals surface area contributed by atoms with Crippen molar-refractivity contribution >= 4 is 28.6 Å². The van der Waals surface area contributed by atoms with Crippen LogP contribution in [0.15, 0.2) is 24.3 Å². The van der Waals surface area contributed by atoms with Crippen molar-refractivity contribution in [3.05, 3.63) is 33.4 Å². The number of benzene rings is 1. The molecule has 4 N–H and O–H groups in total. The SMILES string of the molecule is CC[C@@H](O)[C@@](C)(O)[C@@H]1OC(=O)[C@H](C)[C@@H](O[C@H]2CC(C)(OC)[C@@H](O)C(C)O2)[C@H](C)[C@@H](O[C@@H]2OC(C)CC(N(C)Cc3ccc(I)cc3)C2O)[C@@]2(C)CC(C)C(O2)[C@@H]1C. The topological polar surface area (TPSA) is 166 Å². The second kappa shape index (κ2) is 18.5. The summed E-state index contributed by atoms with van der Waals surface area (Å²) in [6.07, 6.45) is -7.73. The molecule has 19 atom stereocenters. The Morgan fingerprint density at radius 3 is 2.28 bits per heavy atom. The van der Waals surface area contributed by atoms with Crippen LogP contribution in [0.1, 0.15) is 100 Å². The van der Waals surface area contributed by atoms with Crippen LogP contribution in [-0.4, -0.2) is 136 Å². The Hall–Kier alpha value is -1.02. The lowest BCUT2D eigenvalue weighted by molar-refractivity contribution is -0.318. The summed E-state index contributed by atoms with van der Waals surface area (Å²) < 4.78 is 46.9. The third kappa shape index (κ3) is 9.88. The highest BCUT2D eigenvalue weighted by Gasteiger charge is 2.59. The molecule has 5 rings (SSSR count). The minimum Gasteiger partial charge on any atom is -0.459 e. The zero-order valence-electron chi connectivity index (χ0n) is 36.0. The molecule has 13 nitrogen and oxygen atoms in total. The van der Waals surface area contributed by atoms with E-state index in [-0.39, 0.29) is 30.9 Å². The maximum absolute atomic E-state index is 14.4. The average Bonchev–Trinajstić information content (AvgIpc) is 3.48. The first-order valence-electron chi connectivity index (χ1n) is 20.8. The van der Waals surface area contributed by atoms with Gasteiger partial charge in [0.25, 0.3) is 0 Å². The van der Waals surface area contributed by atoms with E-state index in [0.717, 1.165) is 9.13 Å². The summed E-state index contributed by atoms with van der Waals surface area (Å²) in [6, 6.07) is 8.04. The minimum atomic E-state index is -1.80. The van der Waals surface area contributed by atoms with Crippen molar-refractivity contribution in [1.29, 1.82) is 0 Å². The fraction of sp³-hybridized carbons (Fsp3) is 0.837. The van der Waals surface area contributed by atoms with Crippen molar-refractivity contribution in [3.8, 4) is 0 Å². The molecule has 14 heteroatoms. The fourth-order valence-electron chi connectivity index (χ4n) is 10.1. The van der Waals surface area contributed by atoms with Crippen molar-refractivity contribution in [2.24, 2.45) is 23.7 Å². The van der Waals surface area contributed by atoms with Gasteiger partial charge in [-0.1, -0.05) is 39.8 Å². The van der Waals surface area contributed by atoms with E-state index in [1.807, 2.05) is 34.7 Å². The molecule has 0 aliphatic carbocycles. The van der Waals surface area contributed by atoms with Crippen LogP contribution in [0.5, 0.6) is 0 Å². The molecule has 57 heavy (non-hydrogen) atoms. The molecule has 1 aromatic rings. The summed E-state index contributed by atoms with van der Waals surface area (Å²) in [5.74, 6) is -2.76. The van der Waals surface area contributed by atoms with Crippen LogP contribution in [0.3, 0.4) is 0 Å². The van der Waals surface area contributed by atoms with Gasteiger partial charge < -0.3 is 53.6 Å². The van der Waals surface area contributed by atoms with Gasteiger partial charge in [-0.3, -0.25) is 9.69 Å². The van der Waals surface area contributed by atoms with Gasteiger partial charge in [0.2, 0.25) is 0 Å². The van der Waals surface area contributed by atoms with E-state index in [0.29, 0.717) is 19.4 Å². The number of carbonyl (C=O) groups excluding carboxylic acids is 1. The molecule has 0 amide bonds. The number of ether oxygens (including phenoxy) is 7. The molecular weight excluding hydrogens is 849 g/mol. The normalized spacial score (nSPS) is 44.9. The highest BCUT2D eigenvalue weighted by Crippen LogP contribution is 2.48. The molecule has 4 saturated heterocycles. The van der Waals surface area contributed by atoms with Gasteiger partial charge in [-0.25, -0.2) is 0 Å². The summed E-state index contributed by atoms with van der Waals surface area (Å²) in [4.78, 5) is 16.6. The molecule has 1 aromatic carbocycles. The maximum Gasteiger partial charge on any atom is 0.311 e. The second-order valence-corrected chi connectivity index (χ2v) is 19.6. The molecular formula is C43H70INO12. The molecule has 4 heterocycles. The number of fused-ring (bicyclic) bond motifs is 2. The predicted molar refractivity (Wildman–Crippen MR) is 221 cm³/mol. The van der Waals surface area contributed by atoms with Crippen molar-refractivity contribution in [2.45, 2.75) is 192 Å². The van der Waals surface area contributed by atoms with E-state index in [1.165, 1.54) is 14.0 Å². The molecule has 0 radical (unpaired) electrons. The fourth-order valence-corrected chi connectivity index (χ4v) is 10.5. The number of esters is 1. The van der Waals surface area contributed by atoms with Crippen LogP contribution in [0.25, 0.3) is 0 Å². The number of methoxy groups -OCH3 is 1. The summed E-state index contributed by atoms with van der Waals surface area (Å²) in [7, 11) is 3.53. The minimum absolute atomic E-state index is 0.0781. The van der Waals surface area contributed by atoms with Crippen LogP contribution < -0.4 is 0 Å². The Morgan fingerprint density at radius 1 is 1.02 bits per heavy atom. The quantitative estimate of drug-likeness (QED) is 0.177. The first-order chi connectivity index (χ1) is 26.6. The monoisotopic (exact) mass is 919 g/mol. The zero-order chi connectivity index (χ0) is 42.4. The molecule has 4 aliphatic heterocycles. The Morgan fingerprint density at radius 2 is 1.67 bits per heavy atom. The van der Waals surface area contributed by atoms with Gasteiger partial charge in [0.05, 0.1) is 53.7 Å². The van der Waals surface area contributed by atoms with Crippen LogP contribution in [0, 0.1) is 27.2 Å². The third-order valence-corrected chi connectivity index (χ3v) is 14.3. The first kappa shape index (κ1) is 47.0. The molecule has 2 bridgehead atoms. The summed E-state index contributed by atoms with van der Waals surface area (Å²) in [5, 5.41) is 46.0. The number of likely N-dealkylation sites (N-methyl/N-ethyl adjacent to an activating group) is 1. The number of hydrogen-bond acceptors (Lipinski definition) is 13. The van der Waals surface area contributed by atoms with Gasteiger partial charge in [0, 0.05) is 41.5 Å². The van der Waals surface area contributed by atoms with Crippen molar-refractivity contribution in [2.75, 3.05) is 14.2 Å². The molecule has 4 fully saturated rings. The molecule has 0 saturated carbocycles. The van der Waals surface area contributed by atoms with Gasteiger partial charge in [-0.15, -0.1) is 0 Å². The number of nitrogens with zero attached hydrogens (tertiary/aromatic N) is 1. The number of rotatable bonds is 11. The summed E-state index contributed by atoms with van der Waals surface area (Å²) >= 11 is 2.29. The number of aliphatic hydroxyl groups excluding tert-OH is 3. The van der Waals surface area contributed by atoms with E-state index in [2.05, 4.69) is 58.7 Å². The smallest absolute Gasteiger partial charge is 0.311 e. The van der Waals surface area contributed by atoms with E-state index in [4.69, 9.17) is 33.2 Å². The van der Waals surface area contributed by atoms with Gasteiger partial charge >= 0.3 is 5.97 Å². The van der Waals surface area contributed by atoms with E-state index in [9.17, 15) is 25.2 Å². The molecule has 7 unspecified atom stereocenters. The van der Waals surface area contributed by atoms with E-state index >= 15 is 0 Å². The highest BCUT2D eigenvalue weighted by molar-refractivity contribution is 14.1. The van der Waals surface area contributed by atoms with Crippen LogP contribution in [-0.2, 0) is 44.5 Å². The van der Waals surface area contributed by atoms with Crippen LogP contribution in [0.2, 0.25) is 0 Å². The Bertz CT molecular complexity index is 1490. The average molecular weight is 920 g/mol. The van der Waals surface area contributed by atoms with Crippen molar-refractivity contribution < 1.29 is 58.4 Å². The predicted octanol–water partition coefficient (Wildman–Crippen LogP) is 4.80. The number of hydrogen-bond donors (Lipinski definition) is 4. The molecule has 0 aromatic heterocycles. The lowest BCUT2D eigenvalue weighted by Gasteiger charge is -2.48. The highest BCUT2D eigenvalue weighted by atomic mass is 127. The van der Waals surface area contributed by atoms with Crippen LogP contribution >= 0.6 is 22.6 Å². The number of aliphatic hydroxyl groups is 4. The largest absolute Gasteiger partial charge is 0.459 e. The van der Waals surface area contributed by atoms with Crippen LogP contribution in [0.4, 0.5) is 0 Å². The molecule has 4 aliphatic rings. The lowest BCUT2D eigenvalue weighted by atomic mass is 9.76. The van der Waals surface area contributed by atoms with Gasteiger partial charge in [0.15, 0.2) is 12.6 Å². The second-order valence-electron chi connectivity index (χ2n) is 18.3. The standard InChI is InChI=1S/C43H70INO12/c1-13-31(46)43(10,50)38-24(4)34-22(2)19-42(9,57-34)37(56-40-33(47)30(18-23(3)52-40)45(11)21-28-14-16-29(44)17-15-28)25(5)35(26(6)39(49)55-38)54-32-20-41(8,51-12)36(48)27(7)53-32/h14-17,22-27,30-38,40,46-48,50H,13,18-21H2,1-12H3/t22?,23?,24-,25-,26+,27?,30?,31+,32-,33?,34?,35-,36-,37+,38+,40-,41?,42+,43+/m0/s1. The van der Waals surface area contributed by atoms with Gasteiger partial charge in [0.1, 0.15) is 23.9 Å².